The van der Waals surface area contributed by atoms with Gasteiger partial charge in [0.15, 0.2) is 17.9 Å². The molecule has 0 atom stereocenters. The molecule has 1 aromatic heterocycles. The monoisotopic (exact) mass is 284 g/mol. The number of aromatic hydroxyl groups is 1. The molecule has 0 unspecified atom stereocenters. The predicted molar refractivity (Wildman–Crippen MR) is 74.5 cm³/mol. The summed E-state index contributed by atoms with van der Waals surface area (Å²) in [5.41, 5.74) is 0.763. The summed E-state index contributed by atoms with van der Waals surface area (Å²) < 4.78 is 0. The predicted octanol–water partition coefficient (Wildman–Crippen LogP) is 2.73. The van der Waals surface area contributed by atoms with Crippen molar-refractivity contribution in [3.63, 3.8) is 0 Å². The number of aldehydes is 1. The summed E-state index contributed by atoms with van der Waals surface area (Å²) in [6, 6.07) is 5.97. The molecule has 1 heterocycles. The molecule has 0 fully saturated rings. The van der Waals surface area contributed by atoms with Gasteiger partial charge in [-0.15, -0.1) is 11.3 Å². The molecular weight excluding hydrogens is 276 g/mol. The molecule has 0 saturated heterocycles. The molecular formula is C15H8O4S. The largest absolute Gasteiger partial charge is 0.507 e. The molecule has 0 amide bonds. The van der Waals surface area contributed by atoms with Crippen LogP contribution in [0.3, 0.4) is 0 Å². The van der Waals surface area contributed by atoms with Gasteiger partial charge in [-0.2, -0.15) is 0 Å². The van der Waals surface area contributed by atoms with Crippen LogP contribution in [0.1, 0.15) is 36.0 Å². The van der Waals surface area contributed by atoms with E-state index in [1.807, 2.05) is 0 Å². The molecule has 4 nitrogen and oxygen atoms in total. The van der Waals surface area contributed by atoms with Crippen LogP contribution in [0, 0.1) is 0 Å². The quantitative estimate of drug-likeness (QED) is 0.861. The van der Waals surface area contributed by atoms with E-state index in [2.05, 4.69) is 0 Å². The Hall–Kier alpha value is -2.53. The number of fused-ring (bicyclic) bond motifs is 1. The summed E-state index contributed by atoms with van der Waals surface area (Å²) in [6.45, 7) is 0. The second kappa shape index (κ2) is 4.54. The Labute approximate surface area is 118 Å². The van der Waals surface area contributed by atoms with Gasteiger partial charge in [-0.25, -0.2) is 0 Å². The van der Waals surface area contributed by atoms with Crippen molar-refractivity contribution in [3.8, 4) is 5.75 Å². The summed E-state index contributed by atoms with van der Waals surface area (Å²) in [5, 5.41) is 11.4. The maximum Gasteiger partial charge on any atom is 0.195 e. The van der Waals surface area contributed by atoms with Crippen molar-refractivity contribution in [2.24, 2.45) is 0 Å². The lowest BCUT2D eigenvalue weighted by molar-refractivity contribution is 0.0999. The van der Waals surface area contributed by atoms with Gasteiger partial charge < -0.3 is 5.11 Å². The zero-order valence-corrected chi connectivity index (χ0v) is 10.9. The number of ketones is 2. The summed E-state index contributed by atoms with van der Waals surface area (Å²) in [7, 11) is 0. The molecule has 0 saturated carbocycles. The standard InChI is InChI=1S/C15H8O4S/c16-7-8-4-5-20-15(8)10-6-12(18)13-9(14(10)19)2-1-3-11(13)17/h1-7,17H. The lowest BCUT2D eigenvalue weighted by Gasteiger charge is -2.15. The highest BCUT2D eigenvalue weighted by Gasteiger charge is 2.30. The van der Waals surface area contributed by atoms with E-state index in [1.54, 1.807) is 11.4 Å². The van der Waals surface area contributed by atoms with E-state index in [0.717, 1.165) is 0 Å². The Kier molecular flexibility index (Phi) is 2.84. The summed E-state index contributed by atoms with van der Waals surface area (Å²) in [5.74, 6) is -1.00. The van der Waals surface area contributed by atoms with Crippen molar-refractivity contribution in [1.82, 2.24) is 0 Å². The van der Waals surface area contributed by atoms with Crippen LogP contribution >= 0.6 is 11.3 Å². The third kappa shape index (κ3) is 1.71. The van der Waals surface area contributed by atoms with Crippen molar-refractivity contribution >= 4 is 34.8 Å². The molecule has 1 N–H and O–H groups in total. The maximum atomic E-state index is 12.4. The van der Waals surface area contributed by atoms with Crippen molar-refractivity contribution < 1.29 is 19.5 Å². The van der Waals surface area contributed by atoms with Crippen molar-refractivity contribution in [2.75, 3.05) is 0 Å². The van der Waals surface area contributed by atoms with Gasteiger partial charge in [0.1, 0.15) is 5.75 Å². The van der Waals surface area contributed by atoms with Gasteiger partial charge in [0, 0.05) is 21.6 Å². The van der Waals surface area contributed by atoms with Gasteiger partial charge in [-0.1, -0.05) is 12.1 Å². The van der Waals surface area contributed by atoms with Crippen LogP contribution in [-0.2, 0) is 0 Å². The average molecular weight is 284 g/mol. The zero-order chi connectivity index (χ0) is 14.3. The van der Waals surface area contributed by atoms with Gasteiger partial charge >= 0.3 is 0 Å². The first-order chi connectivity index (χ1) is 9.63. The van der Waals surface area contributed by atoms with Crippen LogP contribution in [0.2, 0.25) is 0 Å². The molecule has 98 valence electrons. The highest BCUT2D eigenvalue weighted by atomic mass is 32.1. The van der Waals surface area contributed by atoms with Crippen LogP contribution in [0.15, 0.2) is 35.7 Å². The van der Waals surface area contributed by atoms with Gasteiger partial charge in [0.2, 0.25) is 0 Å². The lowest BCUT2D eigenvalue weighted by atomic mass is 9.87. The normalized spacial score (nSPS) is 13.9. The van der Waals surface area contributed by atoms with Crippen LogP contribution in [0.25, 0.3) is 5.57 Å². The number of phenolic OH excluding ortho intramolecular Hbond substituents is 1. The number of carbonyl (C=O) groups excluding carboxylic acids is 3. The first kappa shape index (κ1) is 12.5. The number of thiophene rings is 1. The Morgan fingerprint density at radius 1 is 1.15 bits per heavy atom. The molecule has 2 aromatic rings. The van der Waals surface area contributed by atoms with Gasteiger partial charge in [0.25, 0.3) is 0 Å². The minimum atomic E-state index is -0.432. The molecule has 3 rings (SSSR count). The van der Waals surface area contributed by atoms with Gasteiger partial charge in [0.05, 0.1) is 5.56 Å². The number of hydrogen-bond acceptors (Lipinski definition) is 5. The Balaban J connectivity index is 2.21. The number of carbonyl (C=O) groups is 3. The van der Waals surface area contributed by atoms with Gasteiger partial charge in [-0.05, 0) is 23.6 Å². The molecule has 20 heavy (non-hydrogen) atoms. The van der Waals surface area contributed by atoms with E-state index in [4.69, 9.17) is 0 Å². The third-order valence-corrected chi connectivity index (χ3v) is 4.08. The van der Waals surface area contributed by atoms with E-state index in [1.165, 1.54) is 35.6 Å². The van der Waals surface area contributed by atoms with E-state index < -0.39 is 5.78 Å². The van der Waals surface area contributed by atoms with E-state index in [0.29, 0.717) is 16.7 Å². The first-order valence-electron chi connectivity index (χ1n) is 5.79. The summed E-state index contributed by atoms with van der Waals surface area (Å²) in [4.78, 5) is 36.0. The number of hydrogen-bond donors (Lipinski definition) is 1. The fraction of sp³-hybridized carbons (Fsp3) is 0. The van der Waals surface area contributed by atoms with E-state index in [-0.39, 0.29) is 28.2 Å². The molecule has 0 aliphatic heterocycles. The Morgan fingerprint density at radius 3 is 2.70 bits per heavy atom. The van der Waals surface area contributed by atoms with Crippen molar-refractivity contribution in [2.45, 2.75) is 0 Å². The maximum absolute atomic E-state index is 12.4. The Morgan fingerprint density at radius 2 is 1.95 bits per heavy atom. The molecule has 1 aliphatic carbocycles. The highest BCUT2D eigenvalue weighted by molar-refractivity contribution is 7.12. The average Bonchev–Trinajstić information content (AvgIpc) is 2.90. The minimum Gasteiger partial charge on any atom is -0.507 e. The molecule has 1 aliphatic rings. The summed E-state index contributed by atoms with van der Waals surface area (Å²) >= 11 is 1.23. The first-order valence-corrected chi connectivity index (χ1v) is 6.67. The van der Waals surface area contributed by atoms with Crippen LogP contribution < -0.4 is 0 Å². The topological polar surface area (TPSA) is 71.4 Å². The van der Waals surface area contributed by atoms with Gasteiger partial charge in [-0.3, -0.25) is 14.4 Å². The molecule has 0 spiro atoms. The molecule has 5 heteroatoms. The molecule has 0 radical (unpaired) electrons. The molecule has 0 bridgehead atoms. The van der Waals surface area contributed by atoms with Crippen LogP contribution in [0.5, 0.6) is 5.75 Å². The number of Topliss-reactive ketones (excluding diaryl/α,β-unsaturated/α-hetero) is 1. The van der Waals surface area contributed by atoms with E-state index in [9.17, 15) is 19.5 Å². The van der Waals surface area contributed by atoms with E-state index >= 15 is 0 Å². The summed E-state index contributed by atoms with van der Waals surface area (Å²) in [6.07, 6.45) is 1.84. The SMILES string of the molecule is O=Cc1ccsc1C1=CC(=O)c2c(O)cccc2C1=O. The number of benzene rings is 1. The van der Waals surface area contributed by atoms with Crippen LogP contribution in [-0.4, -0.2) is 23.0 Å². The second-order valence-electron chi connectivity index (χ2n) is 4.27. The third-order valence-electron chi connectivity index (χ3n) is 3.12. The molecule has 1 aromatic carbocycles. The fourth-order valence-electron chi connectivity index (χ4n) is 2.20. The van der Waals surface area contributed by atoms with Crippen LogP contribution in [0.4, 0.5) is 0 Å². The smallest absolute Gasteiger partial charge is 0.195 e. The second-order valence-corrected chi connectivity index (χ2v) is 5.19. The lowest BCUT2D eigenvalue weighted by Crippen LogP contribution is -2.16. The minimum absolute atomic E-state index is 0.0189. The number of allylic oxidation sites excluding steroid dienone is 2. The number of phenols is 1. The zero-order valence-electron chi connectivity index (χ0n) is 10.1. The van der Waals surface area contributed by atoms with Crippen molar-refractivity contribution in [3.05, 3.63) is 57.3 Å². The number of rotatable bonds is 2. The fourth-order valence-corrected chi connectivity index (χ4v) is 3.08. The highest BCUT2D eigenvalue weighted by Crippen LogP contribution is 2.35. The van der Waals surface area contributed by atoms with Crippen molar-refractivity contribution in [1.29, 1.82) is 0 Å². The Bertz CT molecular complexity index is 783.